The number of aromatic hydroxyl groups is 1. The fourth-order valence-corrected chi connectivity index (χ4v) is 3.96. The quantitative estimate of drug-likeness (QED) is 0.464. The van der Waals surface area contributed by atoms with Crippen molar-refractivity contribution in [3.63, 3.8) is 0 Å². The van der Waals surface area contributed by atoms with Gasteiger partial charge in [-0.2, -0.15) is 0 Å². The molecule has 0 radical (unpaired) electrons. The molecule has 0 aromatic heterocycles. The summed E-state index contributed by atoms with van der Waals surface area (Å²) in [5, 5.41) is 15.8. The number of rotatable bonds is 6. The molecule has 1 aliphatic heterocycles. The summed E-state index contributed by atoms with van der Waals surface area (Å²) in [5.74, 6) is -1.06. The molecule has 3 N–H and O–H groups in total. The van der Waals surface area contributed by atoms with E-state index in [-0.39, 0.29) is 28.4 Å². The lowest BCUT2D eigenvalue weighted by molar-refractivity contribution is 0.101. The van der Waals surface area contributed by atoms with Crippen LogP contribution in [-0.2, 0) is 0 Å². The molecule has 182 valence electrons. The normalized spacial score (nSPS) is 15.8. The fraction of sp³-hybridized carbons (Fsp3) is 0.259. The van der Waals surface area contributed by atoms with Gasteiger partial charge in [-0.25, -0.2) is 0 Å². The second-order valence-electron chi connectivity index (χ2n) is 8.43. The van der Waals surface area contributed by atoms with Crippen molar-refractivity contribution in [1.29, 1.82) is 0 Å². The number of likely N-dealkylation sites (N-methyl/N-ethyl adjacent to an activating group) is 1. The first-order valence-electron chi connectivity index (χ1n) is 12.9. The Kier molecular flexibility index (Phi) is 6.35. The number of benzene rings is 3. The summed E-state index contributed by atoms with van der Waals surface area (Å²) in [6.45, 7) is 3.90. The molecule has 3 aromatic carbocycles. The van der Waals surface area contributed by atoms with Crippen LogP contribution in [0.15, 0.2) is 66.7 Å². The Bertz CT molecular complexity index is 1280. The Morgan fingerprint density at radius 3 is 2.29 bits per heavy atom. The van der Waals surface area contributed by atoms with Gasteiger partial charge in [0.25, 0.3) is 11.8 Å². The van der Waals surface area contributed by atoms with Crippen molar-refractivity contribution < 1.29 is 23.5 Å². The molecule has 0 bridgehead atoms. The number of amides is 2. The van der Waals surface area contributed by atoms with Gasteiger partial charge in [0.05, 0.1) is 16.8 Å². The molecular formula is C27H30N4O4. The highest BCUT2D eigenvalue weighted by molar-refractivity contribution is 6.11. The number of nitrogens with zero attached hydrogens (tertiary/aromatic N) is 2. The van der Waals surface area contributed by atoms with Gasteiger partial charge in [0.15, 0.2) is 0 Å². The van der Waals surface area contributed by atoms with E-state index in [1.165, 1.54) is 30.3 Å². The topological polar surface area (TPSA) is 94.1 Å². The number of methoxy groups -OCH3 is 1. The first kappa shape index (κ1) is 20.3. The standard InChI is InChI=1S/C27H30N4O4/c1-30-15-4-16-31(18-17-30)21-11-7-19(8-12-21)27(34)29-25-23(5-3-6-24(25)32)28-26(33)20-9-13-22(35-2)14-10-20/h3,5-14,32H,4,15-18H2,1-2H3,(H,28,33)(H,29,34)/i2D3. The second-order valence-corrected chi connectivity index (χ2v) is 8.43. The van der Waals surface area contributed by atoms with Crippen molar-refractivity contribution in [2.75, 3.05) is 55.8 Å². The molecule has 1 heterocycles. The van der Waals surface area contributed by atoms with Crippen LogP contribution in [0.5, 0.6) is 11.5 Å². The Balaban J connectivity index is 1.44. The van der Waals surface area contributed by atoms with Gasteiger partial charge in [-0.05, 0) is 80.7 Å². The number of carbonyl (C=O) groups is 2. The van der Waals surface area contributed by atoms with E-state index >= 15 is 0 Å². The first-order chi connectivity index (χ1) is 18.1. The molecule has 1 aliphatic rings. The smallest absolute Gasteiger partial charge is 0.255 e. The molecule has 1 saturated heterocycles. The summed E-state index contributed by atoms with van der Waals surface area (Å²) in [7, 11) is -0.483. The molecule has 3 aromatic rings. The van der Waals surface area contributed by atoms with Crippen molar-refractivity contribution in [3.8, 4) is 11.5 Å². The van der Waals surface area contributed by atoms with Crippen LogP contribution < -0.4 is 20.3 Å². The van der Waals surface area contributed by atoms with Crippen molar-refractivity contribution in [2.24, 2.45) is 0 Å². The molecule has 0 saturated carbocycles. The molecule has 0 unspecified atom stereocenters. The zero-order valence-corrected chi connectivity index (χ0v) is 19.5. The van der Waals surface area contributed by atoms with Crippen LogP contribution in [0.2, 0.25) is 0 Å². The number of para-hydroxylation sites is 1. The van der Waals surface area contributed by atoms with E-state index in [4.69, 9.17) is 8.85 Å². The maximum Gasteiger partial charge on any atom is 0.255 e. The second kappa shape index (κ2) is 10.9. The fourth-order valence-electron chi connectivity index (χ4n) is 3.96. The molecule has 1 fully saturated rings. The predicted octanol–water partition coefficient (Wildman–Crippen LogP) is 4.05. The summed E-state index contributed by atoms with van der Waals surface area (Å²) < 4.78 is 26.3. The lowest BCUT2D eigenvalue weighted by atomic mass is 10.1. The molecule has 0 spiro atoms. The van der Waals surface area contributed by atoms with Crippen molar-refractivity contribution >= 4 is 28.9 Å². The molecule has 8 nitrogen and oxygen atoms in total. The first-order valence-corrected chi connectivity index (χ1v) is 11.4. The predicted molar refractivity (Wildman–Crippen MR) is 138 cm³/mol. The lowest BCUT2D eigenvalue weighted by Gasteiger charge is -2.23. The summed E-state index contributed by atoms with van der Waals surface area (Å²) in [5.41, 5.74) is 1.96. The van der Waals surface area contributed by atoms with Gasteiger partial charge in [0.2, 0.25) is 0 Å². The van der Waals surface area contributed by atoms with Crippen molar-refractivity contribution in [3.05, 3.63) is 77.9 Å². The van der Waals surface area contributed by atoms with Crippen molar-refractivity contribution in [2.45, 2.75) is 6.42 Å². The molecule has 2 amide bonds. The number of anilines is 3. The number of ether oxygens (including phenoxy) is 1. The van der Waals surface area contributed by atoms with Gasteiger partial charge < -0.3 is 30.3 Å². The van der Waals surface area contributed by atoms with E-state index in [1.54, 1.807) is 24.3 Å². The summed E-state index contributed by atoms with van der Waals surface area (Å²) in [6.07, 6.45) is 1.07. The van der Waals surface area contributed by atoms with E-state index in [2.05, 4.69) is 27.5 Å². The van der Waals surface area contributed by atoms with E-state index in [0.29, 0.717) is 5.56 Å². The van der Waals surface area contributed by atoms with Gasteiger partial charge in [0.1, 0.15) is 17.2 Å². The van der Waals surface area contributed by atoms with Crippen LogP contribution in [-0.4, -0.2) is 62.1 Å². The Hall–Kier alpha value is -4.04. The van der Waals surface area contributed by atoms with Gasteiger partial charge in [0, 0.05) is 36.4 Å². The van der Waals surface area contributed by atoms with E-state index in [0.717, 1.165) is 38.3 Å². The number of carbonyl (C=O) groups excluding carboxylic acids is 2. The van der Waals surface area contributed by atoms with Gasteiger partial charge in [-0.15, -0.1) is 0 Å². The van der Waals surface area contributed by atoms with Crippen molar-refractivity contribution in [1.82, 2.24) is 4.90 Å². The van der Waals surface area contributed by atoms with Crippen LogP contribution in [0.3, 0.4) is 0 Å². The summed E-state index contributed by atoms with van der Waals surface area (Å²) in [6, 6.07) is 17.4. The maximum absolute atomic E-state index is 13.0. The number of hydrogen-bond donors (Lipinski definition) is 3. The number of phenols is 1. The Morgan fingerprint density at radius 1 is 0.886 bits per heavy atom. The average molecular weight is 478 g/mol. The zero-order valence-electron chi connectivity index (χ0n) is 22.5. The Morgan fingerprint density at radius 2 is 1.57 bits per heavy atom. The number of phenolic OH excluding ortho intramolecular Hbond substituents is 1. The zero-order chi connectivity index (χ0) is 27.3. The minimum Gasteiger partial charge on any atom is -0.506 e. The van der Waals surface area contributed by atoms with Crippen LogP contribution in [0.1, 0.15) is 31.2 Å². The number of nitrogens with one attached hydrogen (secondary N) is 2. The highest BCUT2D eigenvalue weighted by Crippen LogP contribution is 2.32. The summed E-state index contributed by atoms with van der Waals surface area (Å²) in [4.78, 5) is 30.4. The minimum absolute atomic E-state index is 0.0628. The van der Waals surface area contributed by atoms with E-state index in [9.17, 15) is 14.7 Å². The molecular weight excluding hydrogens is 444 g/mol. The van der Waals surface area contributed by atoms with E-state index < -0.39 is 18.9 Å². The molecule has 8 heteroatoms. The third-order valence-electron chi connectivity index (χ3n) is 5.98. The third-order valence-corrected chi connectivity index (χ3v) is 5.98. The SMILES string of the molecule is [2H]C([2H])([2H])Oc1ccc(C(=O)Nc2cccc(O)c2NC(=O)c2ccc(N3CCCN(C)CC3)cc2)cc1. The van der Waals surface area contributed by atoms with Gasteiger partial charge in [-0.1, -0.05) is 6.07 Å². The average Bonchev–Trinajstić information content (AvgIpc) is 3.10. The van der Waals surface area contributed by atoms with Crippen LogP contribution >= 0.6 is 0 Å². The van der Waals surface area contributed by atoms with Crippen LogP contribution in [0, 0.1) is 0 Å². The maximum atomic E-state index is 13.0. The third kappa shape index (κ3) is 5.91. The lowest BCUT2D eigenvalue weighted by Crippen LogP contribution is -2.28. The van der Waals surface area contributed by atoms with E-state index in [1.807, 2.05) is 12.1 Å². The summed E-state index contributed by atoms with van der Waals surface area (Å²) >= 11 is 0. The molecule has 0 aliphatic carbocycles. The van der Waals surface area contributed by atoms with Gasteiger partial charge >= 0.3 is 0 Å². The minimum atomic E-state index is -2.59. The van der Waals surface area contributed by atoms with Gasteiger partial charge in [-0.3, -0.25) is 9.59 Å². The molecule has 35 heavy (non-hydrogen) atoms. The molecule has 0 atom stereocenters. The number of hydrogen-bond acceptors (Lipinski definition) is 6. The highest BCUT2D eigenvalue weighted by atomic mass is 16.5. The Labute approximate surface area is 209 Å². The van der Waals surface area contributed by atoms with Crippen LogP contribution in [0.25, 0.3) is 0 Å². The van der Waals surface area contributed by atoms with Crippen LogP contribution in [0.4, 0.5) is 17.1 Å². The monoisotopic (exact) mass is 477 g/mol. The highest BCUT2D eigenvalue weighted by Gasteiger charge is 2.17. The largest absolute Gasteiger partial charge is 0.506 e. The molecule has 4 rings (SSSR count).